The van der Waals surface area contributed by atoms with Gasteiger partial charge in [0.05, 0.1) is 22.3 Å². The van der Waals surface area contributed by atoms with E-state index in [1.54, 1.807) is 0 Å². The van der Waals surface area contributed by atoms with Gasteiger partial charge in [0.15, 0.2) is 0 Å². The van der Waals surface area contributed by atoms with Gasteiger partial charge in [-0.1, -0.05) is 136 Å². The van der Waals surface area contributed by atoms with Crippen LogP contribution >= 0.6 is 0 Å². The molecule has 542 valence electrons. The Bertz CT molecular complexity index is 5430. The van der Waals surface area contributed by atoms with Crippen LogP contribution in [0.15, 0.2) is 194 Å². The van der Waals surface area contributed by atoms with Crippen molar-refractivity contribution >= 4 is 43.6 Å². The molecule has 0 amide bonds. The number of pyridine rings is 4. The van der Waals surface area contributed by atoms with E-state index in [1.807, 2.05) is 0 Å². The second-order valence-corrected chi connectivity index (χ2v) is 34.0. The summed E-state index contributed by atoms with van der Waals surface area (Å²) in [4.78, 5) is 0. The maximum atomic E-state index is 6.88. The van der Waals surface area contributed by atoms with Gasteiger partial charge in [-0.25, -0.2) is 0 Å². The summed E-state index contributed by atoms with van der Waals surface area (Å²) in [6, 6.07) is 70.5. The zero-order valence-corrected chi connectivity index (χ0v) is 65.6. The van der Waals surface area contributed by atoms with Crippen LogP contribution in [0.3, 0.4) is 0 Å². The van der Waals surface area contributed by atoms with Crippen LogP contribution in [0.2, 0.25) is 0 Å². The molecule has 12 aromatic rings. The predicted octanol–water partition coefficient (Wildman–Crippen LogP) is 22.0. The van der Waals surface area contributed by atoms with E-state index in [0.717, 1.165) is 42.3 Å². The van der Waals surface area contributed by atoms with Gasteiger partial charge in [-0.3, -0.25) is 0 Å². The average Bonchev–Trinajstić information content (AvgIpc) is 1.57. The van der Waals surface area contributed by atoms with Crippen molar-refractivity contribution in [3.05, 3.63) is 239 Å². The monoisotopic (exact) mass is 1410 g/mol. The van der Waals surface area contributed by atoms with Crippen molar-refractivity contribution in [2.24, 2.45) is 28.2 Å². The first-order valence-electron chi connectivity index (χ1n) is 39.8. The lowest BCUT2D eigenvalue weighted by Gasteiger charge is -2.43. The Kier molecular flexibility index (Phi) is 18.3. The summed E-state index contributed by atoms with van der Waals surface area (Å²) >= 11 is 0. The third-order valence-electron chi connectivity index (χ3n) is 26.5. The van der Waals surface area contributed by atoms with Gasteiger partial charge in [0.2, 0.25) is 44.8 Å². The van der Waals surface area contributed by atoms with Gasteiger partial charge in [0, 0.05) is 92.0 Å². The Morgan fingerprint density at radius 2 is 0.575 bits per heavy atom. The van der Waals surface area contributed by atoms with E-state index in [1.165, 1.54) is 229 Å². The second kappa shape index (κ2) is 27.4. The Hall–Kier alpha value is -9.40. The Labute approximate surface area is 630 Å². The topological polar surface area (TPSA) is 52.4 Å². The van der Waals surface area contributed by atoms with Crippen molar-refractivity contribution in [3.8, 4) is 68.0 Å². The van der Waals surface area contributed by atoms with E-state index in [0.29, 0.717) is 0 Å². The molecule has 8 heteroatoms. The molecule has 7 aliphatic rings. The van der Waals surface area contributed by atoms with Gasteiger partial charge in [-0.15, -0.1) is 0 Å². The van der Waals surface area contributed by atoms with Gasteiger partial charge in [-0.2, -0.15) is 18.3 Å². The lowest BCUT2D eigenvalue weighted by molar-refractivity contribution is -0.633. The van der Waals surface area contributed by atoms with Crippen LogP contribution in [0.4, 0.5) is 0 Å². The number of aryl methyl sites for hydroxylation is 10. The van der Waals surface area contributed by atoms with E-state index >= 15 is 0 Å². The molecule has 0 bridgehead atoms. The molecule has 8 nitrogen and oxygen atoms in total. The van der Waals surface area contributed by atoms with Gasteiger partial charge < -0.3 is 18.9 Å². The molecular weight excluding hydrogens is 1300 g/mol. The summed E-state index contributed by atoms with van der Waals surface area (Å²) in [5.41, 5.74) is 25.6. The first kappa shape index (κ1) is 70.9. The number of hydrogen-bond acceptors (Lipinski definition) is 4. The minimum atomic E-state index is -0.159. The fourth-order valence-electron chi connectivity index (χ4n) is 20.2. The molecule has 3 fully saturated rings. The molecule has 19 rings (SSSR count). The lowest BCUT2D eigenvalue weighted by Crippen LogP contribution is -2.47. The number of rotatable bonds is 4. The van der Waals surface area contributed by atoms with Gasteiger partial charge in [-0.05, 0) is 228 Å². The largest absolute Gasteiger partial charge is 0.487 e. The van der Waals surface area contributed by atoms with Crippen LogP contribution in [0.5, 0.6) is 23.0 Å². The number of benzene rings is 8. The molecule has 4 aromatic heterocycles. The molecule has 3 saturated carbocycles. The predicted molar refractivity (Wildman–Crippen MR) is 433 cm³/mol. The highest BCUT2D eigenvalue weighted by Gasteiger charge is 2.58. The van der Waals surface area contributed by atoms with Crippen molar-refractivity contribution < 1.29 is 37.2 Å². The van der Waals surface area contributed by atoms with Crippen LogP contribution in [0.25, 0.3) is 88.6 Å². The number of hydrogen-bond donors (Lipinski definition) is 0. The number of aromatic nitrogens is 4. The average molecular weight is 1410 g/mol. The maximum Gasteiger partial charge on any atom is 0.216 e. The van der Waals surface area contributed by atoms with Crippen molar-refractivity contribution in [3.63, 3.8) is 0 Å². The number of ether oxygens (including phenoxy) is 4. The van der Waals surface area contributed by atoms with Crippen molar-refractivity contribution in [1.29, 1.82) is 0 Å². The van der Waals surface area contributed by atoms with E-state index in [-0.39, 0.29) is 33.2 Å². The maximum absolute atomic E-state index is 6.88. The number of nitrogens with zero attached hydrogens (tertiary/aromatic N) is 4. The molecule has 106 heavy (non-hydrogen) atoms. The summed E-state index contributed by atoms with van der Waals surface area (Å²) in [6.45, 7) is 22.4. The summed E-state index contributed by atoms with van der Waals surface area (Å²) in [5, 5.41) is 5.06. The fourth-order valence-corrected chi connectivity index (χ4v) is 20.2. The molecule has 0 unspecified atom stereocenters. The molecule has 8 aromatic carbocycles. The van der Waals surface area contributed by atoms with Crippen LogP contribution < -0.4 is 37.2 Å². The van der Waals surface area contributed by atoms with Gasteiger partial charge in [0.25, 0.3) is 0 Å². The Morgan fingerprint density at radius 3 is 0.943 bits per heavy atom. The third kappa shape index (κ3) is 12.1. The quantitative estimate of drug-likeness (QED) is 0.165. The first-order chi connectivity index (χ1) is 51.0. The second-order valence-electron chi connectivity index (χ2n) is 34.0. The Balaban J connectivity index is 0.000000108. The molecule has 3 spiro atoms. The zero-order valence-electron chi connectivity index (χ0n) is 65.6. The van der Waals surface area contributed by atoms with E-state index < -0.39 is 0 Å². The van der Waals surface area contributed by atoms with Crippen LogP contribution in [-0.4, -0.2) is 22.4 Å². The highest BCUT2D eigenvalue weighted by molar-refractivity contribution is 5.84. The molecule has 4 aliphatic heterocycles. The fraction of sp³-hybridized carbons (Fsp3) is 0.388. The van der Waals surface area contributed by atoms with Gasteiger partial charge >= 0.3 is 0 Å². The minimum Gasteiger partial charge on any atom is -0.487 e. The summed E-state index contributed by atoms with van der Waals surface area (Å²) < 4.78 is 36.1. The number of fused-ring (bicyclic) bond motifs is 10. The molecule has 0 saturated heterocycles. The summed E-state index contributed by atoms with van der Waals surface area (Å²) in [5.74, 6) is 4.46. The van der Waals surface area contributed by atoms with Crippen LogP contribution in [-0.2, 0) is 51.9 Å². The number of para-hydroxylation sites is 4. The Morgan fingerprint density at radius 1 is 0.274 bits per heavy atom. The standard InChI is InChI=1S/C26H30NO.2C25H28NO.C22H24NO/c1-18-12-14-20-24(28-25(2,3)26(20)16-8-5-9-17-26)23(18)22-15-13-19-10-6-7-11-21(19)27(22)4;1-17-11-13-19-23(27-24(2,3)25(19)15-7-8-16-25)22(17)21-14-12-18-9-5-6-10-20(18)26(21)4;1-18-10-11-20-14-17-25(15-6-3-7-16-25)27-24(20)23(18)22-13-12-19-8-4-5-9-21(19)26(22)2;1-15-9-10-17-13-14-22(2,3)24-21(17)20(15)19-12-11-16-7-5-6-8-18(16)23(19)4/h6-7,10-15H,5,8-9,16-17H2,1-4H3;5-6,9-14H,7-8,15-16H2,1-4H3;4-5,8-13H,3,6-7,14-17H2,1-2H3;5-12H,13-14H2,1-4H3/q4*+1. The SMILES string of the molecule is Cc1ccc2c(c1-c1ccc3ccccc3[n+]1C)OC(C)(C)C21CCCC1.Cc1ccc2c(c1-c1ccc3ccccc3[n+]1C)OC(C)(C)C21CCCCC1.Cc1ccc2c(c1-c1ccc3ccccc3[n+]1C)OC(C)(C)CC2.Cc1ccc2c(c1-c1ccc3ccccc3[n+]1C)OC1(CCCCC1)CC2. The third-order valence-corrected chi connectivity index (χ3v) is 26.5. The van der Waals surface area contributed by atoms with Crippen LogP contribution in [0, 0.1) is 27.7 Å². The van der Waals surface area contributed by atoms with Crippen LogP contribution in [0.1, 0.15) is 189 Å². The van der Waals surface area contributed by atoms with E-state index in [4.69, 9.17) is 18.9 Å². The normalized spacial score (nSPS) is 18.4. The molecule has 0 N–H and O–H groups in total. The molecule has 3 aliphatic carbocycles. The highest BCUT2D eigenvalue weighted by atomic mass is 16.5. The van der Waals surface area contributed by atoms with Crippen molar-refractivity contribution in [2.75, 3.05) is 0 Å². The highest BCUT2D eigenvalue weighted by Crippen LogP contribution is 2.61. The smallest absolute Gasteiger partial charge is 0.216 e. The lowest BCUT2D eigenvalue weighted by atomic mass is 9.62. The minimum absolute atomic E-state index is 0.0726. The first-order valence-corrected chi connectivity index (χ1v) is 39.8. The molecule has 8 heterocycles. The zero-order chi connectivity index (χ0) is 73.7. The summed E-state index contributed by atoms with van der Waals surface area (Å²) in [7, 11) is 8.66. The van der Waals surface area contributed by atoms with Gasteiger partial charge in [0.1, 0.15) is 73.6 Å². The molecule has 0 atom stereocenters. The molecule has 0 radical (unpaired) electrons. The van der Waals surface area contributed by atoms with E-state index in [9.17, 15) is 0 Å². The van der Waals surface area contributed by atoms with E-state index in [2.05, 4.69) is 310 Å². The van der Waals surface area contributed by atoms with Crippen molar-refractivity contribution in [1.82, 2.24) is 0 Å². The van der Waals surface area contributed by atoms with Crippen molar-refractivity contribution in [2.45, 2.75) is 218 Å². The molecular formula is C98H110N4O4+4. The summed E-state index contributed by atoms with van der Waals surface area (Å²) in [6.07, 6.45) is 22.4.